The highest BCUT2D eigenvalue weighted by atomic mass is 16.5. The SMILES string of the molecule is C#CCCOC(=O)CC[C@H](C=C)[C@@H](O)c1ccccc1. The molecule has 1 N–H and O–H groups in total. The molecule has 1 aromatic rings. The maximum atomic E-state index is 11.5. The van der Waals surface area contributed by atoms with Crippen LogP contribution in [-0.2, 0) is 9.53 Å². The van der Waals surface area contributed by atoms with E-state index in [9.17, 15) is 9.90 Å². The van der Waals surface area contributed by atoms with Crippen molar-refractivity contribution >= 4 is 5.97 Å². The number of terminal acetylenes is 1. The first-order chi connectivity index (χ1) is 9.69. The zero-order chi connectivity index (χ0) is 14.8. The summed E-state index contributed by atoms with van der Waals surface area (Å²) in [4.78, 5) is 11.5. The zero-order valence-corrected chi connectivity index (χ0v) is 11.5. The van der Waals surface area contributed by atoms with Crippen LogP contribution in [0, 0.1) is 18.3 Å². The van der Waals surface area contributed by atoms with Crippen molar-refractivity contribution < 1.29 is 14.6 Å². The highest BCUT2D eigenvalue weighted by Gasteiger charge is 2.19. The Bertz CT molecular complexity index is 459. The number of aliphatic hydroxyl groups excluding tert-OH is 1. The van der Waals surface area contributed by atoms with Crippen molar-refractivity contribution in [2.24, 2.45) is 5.92 Å². The highest BCUT2D eigenvalue weighted by Crippen LogP contribution is 2.26. The molecular formula is C17H20O3. The van der Waals surface area contributed by atoms with Crippen molar-refractivity contribution in [3.8, 4) is 12.3 Å². The van der Waals surface area contributed by atoms with E-state index >= 15 is 0 Å². The average molecular weight is 272 g/mol. The highest BCUT2D eigenvalue weighted by molar-refractivity contribution is 5.69. The fraction of sp³-hybridized carbons (Fsp3) is 0.353. The van der Waals surface area contributed by atoms with Crippen LogP contribution in [-0.4, -0.2) is 17.7 Å². The topological polar surface area (TPSA) is 46.5 Å². The van der Waals surface area contributed by atoms with Crippen molar-refractivity contribution in [1.82, 2.24) is 0 Å². The number of esters is 1. The van der Waals surface area contributed by atoms with Gasteiger partial charge in [0.1, 0.15) is 6.61 Å². The van der Waals surface area contributed by atoms with Crippen LogP contribution in [0.2, 0.25) is 0 Å². The van der Waals surface area contributed by atoms with Crippen molar-refractivity contribution in [3.63, 3.8) is 0 Å². The van der Waals surface area contributed by atoms with Gasteiger partial charge >= 0.3 is 5.97 Å². The number of rotatable bonds is 8. The van der Waals surface area contributed by atoms with Crippen LogP contribution in [0.5, 0.6) is 0 Å². The van der Waals surface area contributed by atoms with E-state index in [2.05, 4.69) is 12.5 Å². The van der Waals surface area contributed by atoms with Crippen molar-refractivity contribution in [1.29, 1.82) is 0 Å². The van der Waals surface area contributed by atoms with Crippen LogP contribution in [0.3, 0.4) is 0 Å². The molecule has 0 fully saturated rings. The van der Waals surface area contributed by atoms with E-state index in [1.807, 2.05) is 30.3 Å². The number of hydrogen-bond acceptors (Lipinski definition) is 3. The third-order valence-corrected chi connectivity index (χ3v) is 3.04. The van der Waals surface area contributed by atoms with Crippen LogP contribution in [0.1, 0.15) is 30.9 Å². The normalized spacial score (nSPS) is 13.0. The van der Waals surface area contributed by atoms with Gasteiger partial charge in [0.05, 0.1) is 6.10 Å². The Kier molecular flexibility index (Phi) is 7.16. The lowest BCUT2D eigenvalue weighted by atomic mass is 9.92. The second-order valence-corrected chi connectivity index (χ2v) is 4.47. The first kappa shape index (κ1) is 16.0. The average Bonchev–Trinajstić information content (AvgIpc) is 2.49. The Morgan fingerprint density at radius 3 is 2.75 bits per heavy atom. The quantitative estimate of drug-likeness (QED) is 0.342. The van der Waals surface area contributed by atoms with Gasteiger partial charge in [-0.15, -0.1) is 18.9 Å². The lowest BCUT2D eigenvalue weighted by molar-refractivity contribution is -0.143. The molecule has 0 amide bonds. The molecule has 20 heavy (non-hydrogen) atoms. The van der Waals surface area contributed by atoms with E-state index in [-0.39, 0.29) is 24.9 Å². The van der Waals surface area contributed by atoms with Gasteiger partial charge in [0.25, 0.3) is 0 Å². The predicted molar refractivity (Wildman–Crippen MR) is 78.7 cm³/mol. The number of carbonyl (C=O) groups is 1. The number of aliphatic hydroxyl groups is 1. The minimum Gasteiger partial charge on any atom is -0.465 e. The van der Waals surface area contributed by atoms with E-state index in [1.54, 1.807) is 6.08 Å². The molecule has 0 spiro atoms. The van der Waals surface area contributed by atoms with Gasteiger partial charge < -0.3 is 9.84 Å². The lowest BCUT2D eigenvalue weighted by Gasteiger charge is -2.19. The minimum atomic E-state index is -0.660. The summed E-state index contributed by atoms with van der Waals surface area (Å²) in [5.41, 5.74) is 0.818. The largest absolute Gasteiger partial charge is 0.465 e. The summed E-state index contributed by atoms with van der Waals surface area (Å²) in [5, 5.41) is 10.3. The fourth-order valence-electron chi connectivity index (χ4n) is 1.88. The first-order valence-corrected chi connectivity index (χ1v) is 6.63. The molecule has 0 heterocycles. The number of ether oxygens (including phenoxy) is 1. The van der Waals surface area contributed by atoms with Gasteiger partial charge in [-0.1, -0.05) is 36.4 Å². The molecule has 2 atom stereocenters. The van der Waals surface area contributed by atoms with Gasteiger partial charge in [-0.25, -0.2) is 0 Å². The molecular weight excluding hydrogens is 252 g/mol. The molecule has 0 aliphatic rings. The summed E-state index contributed by atoms with van der Waals surface area (Å²) in [7, 11) is 0. The maximum Gasteiger partial charge on any atom is 0.305 e. The monoisotopic (exact) mass is 272 g/mol. The Morgan fingerprint density at radius 2 is 2.15 bits per heavy atom. The maximum absolute atomic E-state index is 11.5. The minimum absolute atomic E-state index is 0.183. The molecule has 3 nitrogen and oxygen atoms in total. The fourth-order valence-corrected chi connectivity index (χ4v) is 1.88. The summed E-state index contributed by atoms with van der Waals surface area (Å²) in [6.45, 7) is 3.97. The second-order valence-electron chi connectivity index (χ2n) is 4.47. The van der Waals surface area contributed by atoms with Crippen LogP contribution < -0.4 is 0 Å². The van der Waals surface area contributed by atoms with E-state index < -0.39 is 6.10 Å². The van der Waals surface area contributed by atoms with E-state index in [4.69, 9.17) is 11.2 Å². The molecule has 0 unspecified atom stereocenters. The Labute approximate surface area is 120 Å². The molecule has 1 aromatic carbocycles. The molecule has 0 aliphatic heterocycles. The van der Waals surface area contributed by atoms with Crippen molar-refractivity contribution in [2.45, 2.75) is 25.4 Å². The first-order valence-electron chi connectivity index (χ1n) is 6.63. The number of hydrogen-bond donors (Lipinski definition) is 1. The lowest BCUT2D eigenvalue weighted by Crippen LogP contribution is -2.13. The van der Waals surface area contributed by atoms with Gasteiger partial charge in [0, 0.05) is 18.8 Å². The van der Waals surface area contributed by atoms with Gasteiger partial charge in [-0.05, 0) is 12.0 Å². The van der Waals surface area contributed by atoms with Gasteiger partial charge in [0.2, 0.25) is 0 Å². The van der Waals surface area contributed by atoms with Crippen molar-refractivity contribution in [3.05, 3.63) is 48.6 Å². The van der Waals surface area contributed by atoms with E-state index in [0.29, 0.717) is 12.8 Å². The van der Waals surface area contributed by atoms with Gasteiger partial charge in [-0.3, -0.25) is 4.79 Å². The molecule has 0 aromatic heterocycles. The van der Waals surface area contributed by atoms with Crippen LogP contribution in [0.15, 0.2) is 43.0 Å². The zero-order valence-electron chi connectivity index (χ0n) is 11.5. The predicted octanol–water partition coefficient (Wildman–Crippen LogP) is 2.87. The molecule has 0 saturated heterocycles. The Morgan fingerprint density at radius 1 is 1.45 bits per heavy atom. The number of benzene rings is 1. The van der Waals surface area contributed by atoms with Crippen LogP contribution >= 0.6 is 0 Å². The summed E-state index contributed by atoms with van der Waals surface area (Å²) in [5.74, 6) is 1.92. The van der Waals surface area contributed by atoms with E-state index in [0.717, 1.165) is 5.56 Å². The molecule has 1 rings (SSSR count). The molecule has 0 radical (unpaired) electrons. The molecule has 0 saturated carbocycles. The summed E-state index contributed by atoms with van der Waals surface area (Å²) >= 11 is 0. The smallest absolute Gasteiger partial charge is 0.305 e. The van der Waals surface area contributed by atoms with Crippen LogP contribution in [0.4, 0.5) is 0 Å². The summed E-state index contributed by atoms with van der Waals surface area (Å²) in [6, 6.07) is 9.33. The molecule has 106 valence electrons. The third-order valence-electron chi connectivity index (χ3n) is 3.04. The standard InChI is InChI=1S/C17H20O3/c1-3-5-13-20-16(18)12-11-14(4-2)17(19)15-9-7-6-8-10-15/h1,4,6-10,14,17,19H,2,5,11-13H2/t14-,17+/m0/s1. The van der Waals surface area contributed by atoms with Gasteiger partial charge in [0.15, 0.2) is 0 Å². The molecule has 0 bridgehead atoms. The van der Waals surface area contributed by atoms with Crippen molar-refractivity contribution in [2.75, 3.05) is 6.61 Å². The Balaban J connectivity index is 2.45. The summed E-state index contributed by atoms with van der Waals surface area (Å²) < 4.78 is 4.97. The third kappa shape index (κ3) is 5.29. The molecule has 0 aliphatic carbocycles. The van der Waals surface area contributed by atoms with E-state index in [1.165, 1.54) is 0 Å². The number of carbonyl (C=O) groups excluding carboxylic acids is 1. The van der Waals surface area contributed by atoms with Crippen LogP contribution in [0.25, 0.3) is 0 Å². The summed E-state index contributed by atoms with van der Waals surface area (Å²) in [6.07, 6.45) is 7.24. The van der Waals surface area contributed by atoms with Gasteiger partial charge in [-0.2, -0.15) is 0 Å². The second kappa shape index (κ2) is 8.95. The Hall–Kier alpha value is -2.05. The molecule has 3 heteroatoms.